The molecular weight excluding hydrogens is 266 g/mol. The van der Waals surface area contributed by atoms with Crippen LogP contribution < -0.4 is 0 Å². The van der Waals surface area contributed by atoms with E-state index in [2.05, 4.69) is 0 Å². The van der Waals surface area contributed by atoms with Gasteiger partial charge in [0.15, 0.2) is 0 Å². The average molecular weight is 287 g/mol. The fraction of sp³-hybridized carbons (Fsp3) is 0.846. The first-order valence-electron chi connectivity index (χ1n) is 6.90. The largest absolute Gasteiger partial charge is 0.480 e. The first-order chi connectivity index (χ1) is 9.51. The van der Waals surface area contributed by atoms with Crippen molar-refractivity contribution in [3.8, 4) is 0 Å². The van der Waals surface area contributed by atoms with E-state index < -0.39 is 11.9 Å². The van der Waals surface area contributed by atoms with E-state index in [4.69, 9.17) is 19.7 Å². The number of ether oxygens (including phenoxy) is 2. The van der Waals surface area contributed by atoms with Gasteiger partial charge in [0, 0.05) is 25.9 Å². The molecule has 0 bridgehead atoms. The van der Waals surface area contributed by atoms with Gasteiger partial charge in [0.05, 0.1) is 18.7 Å². The molecule has 1 spiro atoms. The van der Waals surface area contributed by atoms with Crippen LogP contribution in [0.5, 0.6) is 0 Å². The Morgan fingerprint density at radius 1 is 1.10 bits per heavy atom. The minimum Gasteiger partial charge on any atom is -0.480 e. The van der Waals surface area contributed by atoms with Crippen LogP contribution in [0.4, 0.5) is 0 Å². The minimum absolute atomic E-state index is 0.0611. The van der Waals surface area contributed by atoms with Crippen molar-refractivity contribution >= 4 is 11.9 Å². The molecule has 0 radical (unpaired) electrons. The van der Waals surface area contributed by atoms with E-state index >= 15 is 0 Å². The van der Waals surface area contributed by atoms with Crippen LogP contribution in [0.25, 0.3) is 0 Å². The third-order valence-electron chi connectivity index (χ3n) is 4.06. The SMILES string of the molecule is O=C(O)CN(CC(=O)O)C1CCOC2(CCOCC2)C1. The topological polar surface area (TPSA) is 96.3 Å². The van der Waals surface area contributed by atoms with E-state index in [9.17, 15) is 9.59 Å². The zero-order valence-electron chi connectivity index (χ0n) is 11.4. The summed E-state index contributed by atoms with van der Waals surface area (Å²) in [6.45, 7) is 1.34. The van der Waals surface area contributed by atoms with Crippen molar-refractivity contribution < 1.29 is 29.3 Å². The number of carboxylic acid groups (broad SMARTS) is 2. The van der Waals surface area contributed by atoms with Gasteiger partial charge in [0.25, 0.3) is 0 Å². The van der Waals surface area contributed by atoms with Gasteiger partial charge in [-0.05, 0) is 25.7 Å². The van der Waals surface area contributed by atoms with E-state index in [-0.39, 0.29) is 24.7 Å². The Labute approximate surface area is 117 Å². The van der Waals surface area contributed by atoms with Gasteiger partial charge >= 0.3 is 11.9 Å². The molecule has 0 aromatic heterocycles. The van der Waals surface area contributed by atoms with Crippen molar-refractivity contribution in [2.75, 3.05) is 32.9 Å². The van der Waals surface area contributed by atoms with Crippen molar-refractivity contribution in [3.63, 3.8) is 0 Å². The molecule has 114 valence electrons. The molecule has 2 aliphatic rings. The van der Waals surface area contributed by atoms with Gasteiger partial charge in [-0.2, -0.15) is 0 Å². The van der Waals surface area contributed by atoms with Crippen molar-refractivity contribution in [2.24, 2.45) is 0 Å². The summed E-state index contributed by atoms with van der Waals surface area (Å²) in [6, 6.07) is -0.0611. The predicted octanol–water partition coefficient (Wildman–Crippen LogP) is 0.186. The zero-order chi connectivity index (χ0) is 14.6. The maximum Gasteiger partial charge on any atom is 0.317 e. The molecule has 1 unspecified atom stereocenters. The first kappa shape index (κ1) is 15.2. The molecule has 2 N–H and O–H groups in total. The van der Waals surface area contributed by atoms with Gasteiger partial charge in [0.2, 0.25) is 0 Å². The molecule has 20 heavy (non-hydrogen) atoms. The summed E-state index contributed by atoms with van der Waals surface area (Å²) < 4.78 is 11.2. The van der Waals surface area contributed by atoms with Crippen molar-refractivity contribution in [3.05, 3.63) is 0 Å². The Morgan fingerprint density at radius 3 is 2.25 bits per heavy atom. The van der Waals surface area contributed by atoms with E-state index in [1.807, 2.05) is 0 Å². The van der Waals surface area contributed by atoms with Crippen LogP contribution in [-0.2, 0) is 19.1 Å². The molecule has 0 saturated carbocycles. The molecule has 7 nitrogen and oxygen atoms in total. The maximum absolute atomic E-state index is 10.9. The van der Waals surface area contributed by atoms with E-state index in [1.54, 1.807) is 0 Å². The van der Waals surface area contributed by atoms with Crippen LogP contribution in [0.15, 0.2) is 0 Å². The summed E-state index contributed by atoms with van der Waals surface area (Å²) in [5.74, 6) is -2.00. The van der Waals surface area contributed by atoms with Gasteiger partial charge in [-0.25, -0.2) is 0 Å². The number of nitrogens with zero attached hydrogens (tertiary/aromatic N) is 1. The minimum atomic E-state index is -1.00. The molecule has 0 aliphatic carbocycles. The molecule has 2 fully saturated rings. The summed E-state index contributed by atoms with van der Waals surface area (Å²) in [5, 5.41) is 17.9. The van der Waals surface area contributed by atoms with E-state index in [0.717, 1.165) is 12.8 Å². The Bertz CT molecular complexity index is 344. The monoisotopic (exact) mass is 287 g/mol. The van der Waals surface area contributed by atoms with E-state index in [0.29, 0.717) is 32.7 Å². The molecule has 2 heterocycles. The zero-order valence-corrected chi connectivity index (χ0v) is 11.4. The summed E-state index contributed by atoms with van der Waals surface area (Å²) in [5.41, 5.74) is -0.267. The smallest absolute Gasteiger partial charge is 0.317 e. The molecule has 7 heteroatoms. The standard InChI is InChI=1S/C13H21NO6/c15-11(16)8-14(9-12(17)18)10-1-4-20-13(7-10)2-5-19-6-3-13/h10H,1-9H2,(H,15,16)(H,17,18). The van der Waals surface area contributed by atoms with E-state index in [1.165, 1.54) is 4.90 Å². The first-order valence-corrected chi connectivity index (χ1v) is 6.90. The van der Waals surface area contributed by atoms with Crippen LogP contribution >= 0.6 is 0 Å². The van der Waals surface area contributed by atoms with Gasteiger partial charge in [-0.1, -0.05) is 0 Å². The number of rotatable bonds is 5. The number of carbonyl (C=O) groups is 2. The Morgan fingerprint density at radius 2 is 1.70 bits per heavy atom. The lowest BCUT2D eigenvalue weighted by molar-refractivity contribution is -0.160. The lowest BCUT2D eigenvalue weighted by Crippen LogP contribution is -2.53. The van der Waals surface area contributed by atoms with Crippen LogP contribution in [0.3, 0.4) is 0 Å². The quantitative estimate of drug-likeness (QED) is 0.744. The summed E-state index contributed by atoms with van der Waals surface area (Å²) in [6.07, 6.45) is 2.93. The van der Waals surface area contributed by atoms with Crippen LogP contribution in [0.2, 0.25) is 0 Å². The van der Waals surface area contributed by atoms with Crippen LogP contribution in [0.1, 0.15) is 25.7 Å². The normalized spacial score (nSPS) is 25.8. The van der Waals surface area contributed by atoms with Gasteiger partial charge in [-0.3, -0.25) is 14.5 Å². The van der Waals surface area contributed by atoms with Crippen molar-refractivity contribution in [1.29, 1.82) is 0 Å². The van der Waals surface area contributed by atoms with Gasteiger partial charge in [-0.15, -0.1) is 0 Å². The molecule has 0 aromatic rings. The van der Waals surface area contributed by atoms with Gasteiger partial charge < -0.3 is 19.7 Å². The highest BCUT2D eigenvalue weighted by molar-refractivity contribution is 5.72. The number of hydrogen-bond acceptors (Lipinski definition) is 5. The third kappa shape index (κ3) is 3.91. The Hall–Kier alpha value is -1.18. The lowest BCUT2D eigenvalue weighted by atomic mass is 9.83. The fourth-order valence-electron chi connectivity index (χ4n) is 3.07. The molecule has 0 amide bonds. The highest BCUT2D eigenvalue weighted by Gasteiger charge is 2.41. The molecule has 2 saturated heterocycles. The second-order valence-electron chi connectivity index (χ2n) is 5.48. The predicted molar refractivity (Wildman–Crippen MR) is 68.6 cm³/mol. The average Bonchev–Trinajstić information content (AvgIpc) is 2.38. The van der Waals surface area contributed by atoms with Crippen LogP contribution in [-0.4, -0.2) is 71.6 Å². The van der Waals surface area contributed by atoms with Crippen LogP contribution in [0, 0.1) is 0 Å². The Kier molecular flexibility index (Phi) is 4.95. The second-order valence-corrected chi connectivity index (χ2v) is 5.48. The molecule has 0 aromatic carbocycles. The molecule has 2 aliphatic heterocycles. The number of hydrogen-bond donors (Lipinski definition) is 2. The number of aliphatic carboxylic acids is 2. The summed E-state index contributed by atoms with van der Waals surface area (Å²) in [7, 11) is 0. The second kappa shape index (κ2) is 6.51. The molecule has 2 rings (SSSR count). The maximum atomic E-state index is 10.9. The number of carboxylic acids is 2. The molecular formula is C13H21NO6. The summed E-state index contributed by atoms with van der Waals surface area (Å²) >= 11 is 0. The van der Waals surface area contributed by atoms with Gasteiger partial charge in [0.1, 0.15) is 0 Å². The lowest BCUT2D eigenvalue weighted by Gasteiger charge is -2.45. The van der Waals surface area contributed by atoms with Crippen molar-refractivity contribution in [2.45, 2.75) is 37.3 Å². The Balaban J connectivity index is 2.03. The molecule has 1 atom stereocenters. The summed E-state index contributed by atoms with van der Waals surface area (Å²) in [4.78, 5) is 23.4. The highest BCUT2D eigenvalue weighted by atomic mass is 16.5. The fourth-order valence-corrected chi connectivity index (χ4v) is 3.07. The van der Waals surface area contributed by atoms with Crippen molar-refractivity contribution in [1.82, 2.24) is 4.90 Å². The highest BCUT2D eigenvalue weighted by Crippen LogP contribution is 2.35. The third-order valence-corrected chi connectivity index (χ3v) is 4.06.